The Bertz CT molecular complexity index is 617. The summed E-state index contributed by atoms with van der Waals surface area (Å²) in [6.07, 6.45) is 3.78. The molecule has 24 heavy (non-hydrogen) atoms. The lowest BCUT2D eigenvalue weighted by Crippen LogP contribution is -2.61. The van der Waals surface area contributed by atoms with Crippen molar-refractivity contribution in [1.29, 1.82) is 0 Å². The molecule has 5 heteroatoms. The van der Waals surface area contributed by atoms with E-state index in [0.717, 1.165) is 36.8 Å². The molecule has 2 aliphatic rings. The molecule has 0 radical (unpaired) electrons. The summed E-state index contributed by atoms with van der Waals surface area (Å²) < 4.78 is 5.47. The minimum Gasteiger partial charge on any atom is -0.381 e. The molecule has 1 atom stereocenters. The Kier molecular flexibility index (Phi) is 4.90. The molecule has 0 aliphatic carbocycles. The molecule has 0 saturated carbocycles. The smallest absolute Gasteiger partial charge is 0.240 e. The molecule has 5 nitrogen and oxygen atoms in total. The van der Waals surface area contributed by atoms with Gasteiger partial charge in [0.05, 0.1) is 6.42 Å². The average Bonchev–Trinajstić information content (AvgIpc) is 2.55. The van der Waals surface area contributed by atoms with Gasteiger partial charge < -0.3 is 15.4 Å². The monoisotopic (exact) mass is 330 g/mol. The van der Waals surface area contributed by atoms with Gasteiger partial charge in [-0.05, 0) is 38.2 Å². The average molecular weight is 330 g/mol. The van der Waals surface area contributed by atoms with Crippen molar-refractivity contribution in [2.45, 2.75) is 45.1 Å². The number of hydrogen-bond donors (Lipinski definition) is 1. The lowest BCUT2D eigenvalue weighted by molar-refractivity contribution is -0.152. The molecule has 130 valence electrons. The third-order valence-corrected chi connectivity index (χ3v) is 5.48. The van der Waals surface area contributed by atoms with Gasteiger partial charge in [0.1, 0.15) is 6.04 Å². The summed E-state index contributed by atoms with van der Waals surface area (Å²) in [6, 6.07) is 7.44. The number of ether oxygens (including phenoxy) is 1. The van der Waals surface area contributed by atoms with E-state index in [2.05, 4.69) is 0 Å². The zero-order valence-corrected chi connectivity index (χ0v) is 14.3. The zero-order chi connectivity index (χ0) is 17.2. The van der Waals surface area contributed by atoms with Gasteiger partial charge in [-0.3, -0.25) is 9.59 Å². The highest BCUT2D eigenvalue weighted by Gasteiger charge is 2.49. The Morgan fingerprint density at radius 1 is 1.29 bits per heavy atom. The molecule has 0 aromatic heterocycles. The first-order valence-corrected chi connectivity index (χ1v) is 8.74. The van der Waals surface area contributed by atoms with Crippen LogP contribution >= 0.6 is 0 Å². The van der Waals surface area contributed by atoms with Crippen LogP contribution < -0.4 is 5.73 Å². The van der Waals surface area contributed by atoms with Crippen LogP contribution in [-0.4, -0.2) is 42.5 Å². The maximum absolute atomic E-state index is 12.9. The van der Waals surface area contributed by atoms with Gasteiger partial charge >= 0.3 is 0 Å². The highest BCUT2D eigenvalue weighted by atomic mass is 16.5. The van der Waals surface area contributed by atoms with Gasteiger partial charge in [0.15, 0.2) is 0 Å². The molecular weight excluding hydrogens is 304 g/mol. The number of primary amides is 1. The molecule has 2 aliphatic heterocycles. The van der Waals surface area contributed by atoms with Gasteiger partial charge in [-0.25, -0.2) is 0 Å². The molecule has 2 fully saturated rings. The second-order valence-electron chi connectivity index (χ2n) is 7.14. The van der Waals surface area contributed by atoms with Gasteiger partial charge in [0, 0.05) is 25.2 Å². The highest BCUT2D eigenvalue weighted by Crippen LogP contribution is 2.44. The minimum atomic E-state index is -0.507. The predicted octanol–water partition coefficient (Wildman–Crippen LogP) is 1.81. The normalized spacial score (nSPS) is 23.2. The van der Waals surface area contributed by atoms with E-state index in [-0.39, 0.29) is 17.2 Å². The Morgan fingerprint density at radius 3 is 2.71 bits per heavy atom. The first-order chi connectivity index (χ1) is 11.5. The SMILES string of the molecule is Cc1cccc(CC(=O)N2CCCC3(CCOCC3)C2C(N)=O)c1. The van der Waals surface area contributed by atoms with E-state index >= 15 is 0 Å². The lowest BCUT2D eigenvalue weighted by atomic mass is 9.67. The molecule has 1 spiro atoms. The van der Waals surface area contributed by atoms with Crippen molar-refractivity contribution in [3.63, 3.8) is 0 Å². The van der Waals surface area contributed by atoms with Gasteiger partial charge in [0.25, 0.3) is 0 Å². The summed E-state index contributed by atoms with van der Waals surface area (Å²) >= 11 is 0. The topological polar surface area (TPSA) is 72.6 Å². The fraction of sp³-hybridized carbons (Fsp3) is 0.579. The Labute approximate surface area is 143 Å². The van der Waals surface area contributed by atoms with Gasteiger partial charge in [-0.1, -0.05) is 29.8 Å². The van der Waals surface area contributed by atoms with E-state index in [9.17, 15) is 9.59 Å². The van der Waals surface area contributed by atoms with Crippen LogP contribution in [0.3, 0.4) is 0 Å². The molecule has 0 bridgehead atoms. The van der Waals surface area contributed by atoms with Crippen molar-refractivity contribution >= 4 is 11.8 Å². The van der Waals surface area contributed by atoms with E-state index in [1.54, 1.807) is 4.90 Å². The number of aryl methyl sites for hydroxylation is 1. The van der Waals surface area contributed by atoms with Crippen LogP contribution in [0.15, 0.2) is 24.3 Å². The maximum atomic E-state index is 12.9. The fourth-order valence-electron chi connectivity index (χ4n) is 4.32. The number of benzene rings is 1. The molecule has 2 saturated heterocycles. The van der Waals surface area contributed by atoms with Crippen LogP contribution in [0, 0.1) is 12.3 Å². The van der Waals surface area contributed by atoms with Crippen LogP contribution in [0.1, 0.15) is 36.8 Å². The van der Waals surface area contributed by atoms with E-state index in [1.165, 1.54) is 0 Å². The van der Waals surface area contributed by atoms with E-state index in [4.69, 9.17) is 10.5 Å². The first-order valence-electron chi connectivity index (χ1n) is 8.74. The molecule has 2 heterocycles. The third kappa shape index (κ3) is 3.31. The zero-order valence-electron chi connectivity index (χ0n) is 14.3. The number of carbonyl (C=O) groups is 2. The van der Waals surface area contributed by atoms with Crippen molar-refractivity contribution in [1.82, 2.24) is 4.90 Å². The summed E-state index contributed by atoms with van der Waals surface area (Å²) in [5.41, 5.74) is 7.65. The number of likely N-dealkylation sites (tertiary alicyclic amines) is 1. The molecule has 2 amide bonds. The summed E-state index contributed by atoms with van der Waals surface area (Å²) in [5, 5.41) is 0. The van der Waals surface area contributed by atoms with Gasteiger partial charge in [-0.2, -0.15) is 0 Å². The highest BCUT2D eigenvalue weighted by molar-refractivity contribution is 5.88. The van der Waals surface area contributed by atoms with Crippen molar-refractivity contribution in [3.8, 4) is 0 Å². The summed E-state index contributed by atoms with van der Waals surface area (Å²) in [6.45, 7) is 3.91. The minimum absolute atomic E-state index is 0.00466. The Balaban J connectivity index is 1.82. The molecule has 1 unspecified atom stereocenters. The first kappa shape index (κ1) is 17.0. The van der Waals surface area contributed by atoms with Crippen molar-refractivity contribution in [3.05, 3.63) is 35.4 Å². The van der Waals surface area contributed by atoms with Gasteiger partial charge in [0.2, 0.25) is 11.8 Å². The Hall–Kier alpha value is -1.88. The van der Waals surface area contributed by atoms with Gasteiger partial charge in [-0.15, -0.1) is 0 Å². The number of rotatable bonds is 3. The predicted molar refractivity (Wildman–Crippen MR) is 91.3 cm³/mol. The van der Waals surface area contributed by atoms with Crippen LogP contribution in [-0.2, 0) is 20.7 Å². The molecule has 2 N–H and O–H groups in total. The summed E-state index contributed by atoms with van der Waals surface area (Å²) in [7, 11) is 0. The van der Waals surface area contributed by atoms with Crippen molar-refractivity contribution < 1.29 is 14.3 Å². The number of nitrogens with zero attached hydrogens (tertiary/aromatic N) is 1. The quantitative estimate of drug-likeness (QED) is 0.918. The van der Waals surface area contributed by atoms with E-state index in [1.807, 2.05) is 31.2 Å². The molecule has 1 aromatic carbocycles. The van der Waals surface area contributed by atoms with Crippen LogP contribution in [0.4, 0.5) is 0 Å². The summed E-state index contributed by atoms with van der Waals surface area (Å²) in [5.74, 6) is -0.385. The molecule has 1 aromatic rings. The van der Waals surface area contributed by atoms with Crippen LogP contribution in [0.25, 0.3) is 0 Å². The number of piperidine rings is 1. The van der Waals surface area contributed by atoms with Crippen LogP contribution in [0.5, 0.6) is 0 Å². The maximum Gasteiger partial charge on any atom is 0.240 e. The number of hydrogen-bond acceptors (Lipinski definition) is 3. The number of nitrogens with two attached hydrogens (primary N) is 1. The molecular formula is C19H26N2O3. The largest absolute Gasteiger partial charge is 0.381 e. The number of carbonyl (C=O) groups excluding carboxylic acids is 2. The summed E-state index contributed by atoms with van der Waals surface area (Å²) in [4.78, 5) is 26.9. The fourth-order valence-corrected chi connectivity index (χ4v) is 4.32. The molecule has 3 rings (SSSR count). The standard InChI is InChI=1S/C19H26N2O3/c1-14-4-2-5-15(12-14)13-16(22)21-9-3-6-19(17(21)18(20)23)7-10-24-11-8-19/h2,4-5,12,17H,3,6-11,13H2,1H3,(H2,20,23). The van der Waals surface area contributed by atoms with Crippen molar-refractivity contribution in [2.75, 3.05) is 19.8 Å². The second-order valence-corrected chi connectivity index (χ2v) is 7.14. The van der Waals surface area contributed by atoms with E-state index < -0.39 is 6.04 Å². The lowest BCUT2D eigenvalue weighted by Gasteiger charge is -2.50. The van der Waals surface area contributed by atoms with Crippen molar-refractivity contribution in [2.24, 2.45) is 11.1 Å². The second kappa shape index (κ2) is 6.93. The number of amides is 2. The third-order valence-electron chi connectivity index (χ3n) is 5.48. The van der Waals surface area contributed by atoms with E-state index in [0.29, 0.717) is 26.2 Å². The Morgan fingerprint density at radius 2 is 2.04 bits per heavy atom. The van der Waals surface area contributed by atoms with Crippen LogP contribution in [0.2, 0.25) is 0 Å².